The predicted octanol–water partition coefficient (Wildman–Crippen LogP) is 4.08. The van der Waals surface area contributed by atoms with E-state index in [1.807, 2.05) is 30.3 Å². The van der Waals surface area contributed by atoms with Crippen molar-refractivity contribution in [1.29, 1.82) is 0 Å². The fourth-order valence-corrected chi connectivity index (χ4v) is 3.58. The first-order valence-electron chi connectivity index (χ1n) is 9.19. The molecule has 29 heavy (non-hydrogen) atoms. The van der Waals surface area contributed by atoms with Crippen molar-refractivity contribution in [2.45, 2.75) is 12.5 Å². The molecule has 0 spiro atoms. The van der Waals surface area contributed by atoms with Crippen LogP contribution in [-0.4, -0.2) is 23.3 Å². The van der Waals surface area contributed by atoms with Crippen molar-refractivity contribution in [3.05, 3.63) is 101 Å². The fraction of sp³-hybridized carbons (Fsp3) is 0.130. The summed E-state index contributed by atoms with van der Waals surface area (Å²) in [5.41, 5.74) is 2.38. The van der Waals surface area contributed by atoms with Crippen LogP contribution in [0.25, 0.3) is 0 Å². The topological polar surface area (TPSA) is 49.4 Å². The molecule has 0 saturated heterocycles. The normalized spacial score (nSPS) is 16.0. The van der Waals surface area contributed by atoms with E-state index in [1.165, 1.54) is 47.4 Å². The van der Waals surface area contributed by atoms with E-state index in [0.29, 0.717) is 16.8 Å². The Hall–Kier alpha value is -3.54. The van der Waals surface area contributed by atoms with E-state index in [0.717, 1.165) is 5.56 Å². The molecular weight excluding hydrogens is 374 g/mol. The Morgan fingerprint density at radius 3 is 2.38 bits per heavy atom. The molecule has 1 atom stereocenters. The summed E-state index contributed by atoms with van der Waals surface area (Å²) in [6.45, 7) is -0.171. The maximum absolute atomic E-state index is 14.1. The van der Waals surface area contributed by atoms with Gasteiger partial charge in [-0.1, -0.05) is 42.5 Å². The molecule has 4 rings (SSSR count). The molecule has 146 valence electrons. The molecule has 6 heteroatoms. The van der Waals surface area contributed by atoms with Crippen LogP contribution in [0.1, 0.15) is 22.7 Å². The first-order valence-corrected chi connectivity index (χ1v) is 9.19. The van der Waals surface area contributed by atoms with E-state index in [-0.39, 0.29) is 30.6 Å². The predicted molar refractivity (Wildman–Crippen MR) is 105 cm³/mol. The van der Waals surface area contributed by atoms with Crippen molar-refractivity contribution >= 4 is 17.5 Å². The lowest BCUT2D eigenvalue weighted by molar-refractivity contribution is -0.135. The second-order valence-electron chi connectivity index (χ2n) is 6.92. The van der Waals surface area contributed by atoms with Gasteiger partial charge in [-0.2, -0.15) is 0 Å². The van der Waals surface area contributed by atoms with Gasteiger partial charge in [0.2, 0.25) is 11.8 Å². The number of hydrogen-bond acceptors (Lipinski definition) is 2. The molecule has 1 N–H and O–H groups in total. The second-order valence-corrected chi connectivity index (χ2v) is 6.92. The van der Waals surface area contributed by atoms with Crippen LogP contribution >= 0.6 is 0 Å². The minimum absolute atomic E-state index is 0.00153. The highest BCUT2D eigenvalue weighted by molar-refractivity contribution is 5.97. The highest BCUT2D eigenvalue weighted by atomic mass is 19.1. The van der Waals surface area contributed by atoms with Gasteiger partial charge < -0.3 is 10.2 Å². The maximum atomic E-state index is 14.1. The number of carbonyl (C=O) groups excluding carboxylic acids is 2. The number of hydrogen-bond donors (Lipinski definition) is 1. The highest BCUT2D eigenvalue weighted by Crippen LogP contribution is 2.36. The van der Waals surface area contributed by atoms with Crippen LogP contribution in [0.3, 0.4) is 0 Å². The Morgan fingerprint density at radius 1 is 0.966 bits per heavy atom. The summed E-state index contributed by atoms with van der Waals surface area (Å²) >= 11 is 0. The SMILES string of the molecule is O=C1CN(C(=O)Cc2ccc(F)cc2)[C@H](c2ccccc2)c2cc(F)ccc2N1. The smallest absolute Gasteiger partial charge is 0.244 e. The molecule has 0 radical (unpaired) electrons. The van der Waals surface area contributed by atoms with Crippen LogP contribution in [0.15, 0.2) is 72.8 Å². The molecule has 0 saturated carbocycles. The highest BCUT2D eigenvalue weighted by Gasteiger charge is 2.33. The van der Waals surface area contributed by atoms with Crippen LogP contribution in [0.4, 0.5) is 14.5 Å². The number of rotatable bonds is 3. The molecule has 0 fully saturated rings. The molecule has 0 unspecified atom stereocenters. The summed E-state index contributed by atoms with van der Waals surface area (Å²) in [6.07, 6.45) is 0.00153. The van der Waals surface area contributed by atoms with Gasteiger partial charge in [0.1, 0.15) is 18.2 Å². The van der Waals surface area contributed by atoms with Crippen LogP contribution < -0.4 is 5.32 Å². The summed E-state index contributed by atoms with van der Waals surface area (Å²) in [5.74, 6) is -1.50. The Kier molecular flexibility index (Phi) is 5.08. The molecule has 0 aromatic heterocycles. The van der Waals surface area contributed by atoms with Gasteiger partial charge in [-0.05, 0) is 41.5 Å². The Bertz CT molecular complexity index is 1050. The molecule has 3 aromatic rings. The summed E-state index contributed by atoms with van der Waals surface area (Å²) in [6, 6.07) is 18.3. The number of fused-ring (bicyclic) bond motifs is 1. The van der Waals surface area contributed by atoms with Crippen LogP contribution in [0.2, 0.25) is 0 Å². The molecule has 1 aliphatic rings. The van der Waals surface area contributed by atoms with Gasteiger partial charge in [-0.25, -0.2) is 8.78 Å². The summed E-state index contributed by atoms with van der Waals surface area (Å²) in [4.78, 5) is 27.1. The van der Waals surface area contributed by atoms with E-state index >= 15 is 0 Å². The minimum atomic E-state index is -0.631. The van der Waals surface area contributed by atoms with Crippen LogP contribution in [-0.2, 0) is 16.0 Å². The number of carbonyl (C=O) groups is 2. The minimum Gasteiger partial charge on any atom is -0.324 e. The lowest BCUT2D eigenvalue weighted by Gasteiger charge is -2.30. The van der Waals surface area contributed by atoms with Crippen molar-refractivity contribution in [2.75, 3.05) is 11.9 Å². The van der Waals surface area contributed by atoms with Crippen molar-refractivity contribution in [1.82, 2.24) is 4.90 Å². The number of halogens is 2. The Morgan fingerprint density at radius 2 is 1.66 bits per heavy atom. The molecule has 0 bridgehead atoms. The van der Waals surface area contributed by atoms with Gasteiger partial charge in [-0.3, -0.25) is 9.59 Å². The lowest BCUT2D eigenvalue weighted by atomic mass is 9.95. The van der Waals surface area contributed by atoms with Crippen molar-refractivity contribution < 1.29 is 18.4 Å². The van der Waals surface area contributed by atoms with Crippen molar-refractivity contribution in [3.63, 3.8) is 0 Å². The Labute approximate surface area is 166 Å². The monoisotopic (exact) mass is 392 g/mol. The van der Waals surface area contributed by atoms with Crippen LogP contribution in [0, 0.1) is 11.6 Å². The summed E-state index contributed by atoms with van der Waals surface area (Å²) in [5, 5.41) is 2.76. The number of nitrogens with zero attached hydrogens (tertiary/aromatic N) is 1. The van der Waals surface area contributed by atoms with Gasteiger partial charge in [0.05, 0.1) is 12.5 Å². The van der Waals surface area contributed by atoms with Gasteiger partial charge in [0, 0.05) is 11.3 Å². The van der Waals surface area contributed by atoms with E-state index in [9.17, 15) is 18.4 Å². The summed E-state index contributed by atoms with van der Waals surface area (Å²) in [7, 11) is 0. The first-order chi connectivity index (χ1) is 14.0. The zero-order valence-corrected chi connectivity index (χ0v) is 15.4. The van der Waals surface area contributed by atoms with Gasteiger partial charge in [0.15, 0.2) is 0 Å². The molecule has 4 nitrogen and oxygen atoms in total. The van der Waals surface area contributed by atoms with Crippen molar-refractivity contribution in [2.24, 2.45) is 0 Å². The van der Waals surface area contributed by atoms with Gasteiger partial charge in [-0.15, -0.1) is 0 Å². The molecule has 2 amide bonds. The average molecular weight is 392 g/mol. The third-order valence-corrected chi connectivity index (χ3v) is 4.91. The molecular formula is C23H18F2N2O2. The zero-order chi connectivity index (χ0) is 20.4. The second kappa shape index (κ2) is 7.83. The lowest BCUT2D eigenvalue weighted by Crippen LogP contribution is -2.39. The quantitative estimate of drug-likeness (QED) is 0.730. The summed E-state index contributed by atoms with van der Waals surface area (Å²) < 4.78 is 27.3. The fourth-order valence-electron chi connectivity index (χ4n) is 3.58. The Balaban J connectivity index is 1.78. The number of anilines is 1. The maximum Gasteiger partial charge on any atom is 0.244 e. The zero-order valence-electron chi connectivity index (χ0n) is 15.4. The third kappa shape index (κ3) is 4.01. The number of nitrogens with one attached hydrogen (secondary N) is 1. The van der Waals surface area contributed by atoms with Crippen LogP contribution in [0.5, 0.6) is 0 Å². The van der Waals surface area contributed by atoms with E-state index in [2.05, 4.69) is 5.32 Å². The largest absolute Gasteiger partial charge is 0.324 e. The molecule has 1 aliphatic heterocycles. The molecule has 1 heterocycles. The average Bonchev–Trinajstić information content (AvgIpc) is 2.86. The van der Waals surface area contributed by atoms with Gasteiger partial charge >= 0.3 is 0 Å². The molecule has 0 aliphatic carbocycles. The van der Waals surface area contributed by atoms with E-state index in [1.54, 1.807) is 0 Å². The van der Waals surface area contributed by atoms with E-state index < -0.39 is 11.9 Å². The number of benzene rings is 3. The van der Waals surface area contributed by atoms with Crippen molar-refractivity contribution in [3.8, 4) is 0 Å². The standard InChI is InChI=1S/C23H18F2N2O2/c24-17-8-6-15(7-9-17)12-22(29)27-14-21(28)26-20-11-10-18(25)13-19(20)23(27)16-4-2-1-3-5-16/h1-11,13,23H,12,14H2,(H,26,28)/t23-/m1/s1. The first kappa shape index (κ1) is 18.8. The third-order valence-electron chi connectivity index (χ3n) is 4.91. The molecule has 3 aromatic carbocycles. The number of amides is 2. The van der Waals surface area contributed by atoms with E-state index in [4.69, 9.17) is 0 Å². The van der Waals surface area contributed by atoms with Gasteiger partial charge in [0.25, 0.3) is 0 Å².